The first-order valence-electron chi connectivity index (χ1n) is 8.14. The standard InChI is InChI=1S/C16H32N2O/c1-4-5-6-7-10-16(19)18-11-8-9-15(13-18)12-17-14(2)3/h14-15,17H,4-13H2,1-3H3. The molecule has 1 amide bonds. The lowest BCUT2D eigenvalue weighted by molar-refractivity contribution is -0.133. The zero-order chi connectivity index (χ0) is 14.1. The van der Waals surface area contributed by atoms with Gasteiger partial charge in [-0.2, -0.15) is 0 Å². The van der Waals surface area contributed by atoms with Crippen LogP contribution in [0.3, 0.4) is 0 Å². The average molecular weight is 268 g/mol. The lowest BCUT2D eigenvalue weighted by Gasteiger charge is -2.33. The third-order valence-corrected chi connectivity index (χ3v) is 3.93. The summed E-state index contributed by atoms with van der Waals surface area (Å²) in [5.41, 5.74) is 0. The maximum atomic E-state index is 12.2. The maximum absolute atomic E-state index is 12.2. The smallest absolute Gasteiger partial charge is 0.222 e. The average Bonchev–Trinajstić information content (AvgIpc) is 2.41. The molecule has 0 aromatic carbocycles. The summed E-state index contributed by atoms with van der Waals surface area (Å²) in [5, 5.41) is 3.50. The predicted octanol–water partition coefficient (Wildman–Crippen LogP) is 3.19. The van der Waals surface area contributed by atoms with Crippen molar-refractivity contribution in [2.45, 2.75) is 71.8 Å². The van der Waals surface area contributed by atoms with Crippen molar-refractivity contribution in [3.05, 3.63) is 0 Å². The molecule has 1 heterocycles. The molecule has 0 spiro atoms. The minimum absolute atomic E-state index is 0.380. The monoisotopic (exact) mass is 268 g/mol. The van der Waals surface area contributed by atoms with Crippen LogP contribution in [0.4, 0.5) is 0 Å². The van der Waals surface area contributed by atoms with Gasteiger partial charge in [0.25, 0.3) is 0 Å². The number of likely N-dealkylation sites (tertiary alicyclic amines) is 1. The third-order valence-electron chi connectivity index (χ3n) is 3.93. The van der Waals surface area contributed by atoms with Crippen LogP contribution in [0.1, 0.15) is 65.7 Å². The zero-order valence-corrected chi connectivity index (χ0v) is 13.1. The van der Waals surface area contributed by atoms with E-state index in [9.17, 15) is 4.79 Å². The van der Waals surface area contributed by atoms with E-state index in [0.29, 0.717) is 17.9 Å². The van der Waals surface area contributed by atoms with Crippen LogP contribution in [-0.2, 0) is 4.79 Å². The molecular formula is C16H32N2O. The highest BCUT2D eigenvalue weighted by molar-refractivity contribution is 5.76. The summed E-state index contributed by atoms with van der Waals surface area (Å²) in [6.07, 6.45) is 7.95. The van der Waals surface area contributed by atoms with E-state index in [1.807, 2.05) is 0 Å². The van der Waals surface area contributed by atoms with Crippen LogP contribution >= 0.6 is 0 Å². The molecule has 0 aromatic rings. The Morgan fingerprint density at radius 3 is 2.79 bits per heavy atom. The van der Waals surface area contributed by atoms with Crippen LogP contribution in [0, 0.1) is 5.92 Å². The maximum Gasteiger partial charge on any atom is 0.222 e. The highest BCUT2D eigenvalue weighted by atomic mass is 16.2. The van der Waals surface area contributed by atoms with Crippen LogP contribution in [0.15, 0.2) is 0 Å². The highest BCUT2D eigenvalue weighted by Crippen LogP contribution is 2.17. The molecule has 112 valence electrons. The second-order valence-corrected chi connectivity index (χ2v) is 6.22. The molecule has 1 N–H and O–H groups in total. The molecular weight excluding hydrogens is 236 g/mol. The number of piperidine rings is 1. The number of unbranched alkanes of at least 4 members (excludes halogenated alkanes) is 3. The Bertz CT molecular complexity index is 253. The van der Waals surface area contributed by atoms with Gasteiger partial charge in [0.1, 0.15) is 0 Å². The van der Waals surface area contributed by atoms with E-state index in [2.05, 4.69) is 31.0 Å². The minimum atomic E-state index is 0.380. The Balaban J connectivity index is 2.23. The number of amides is 1. The van der Waals surface area contributed by atoms with Crippen molar-refractivity contribution in [3.8, 4) is 0 Å². The van der Waals surface area contributed by atoms with Gasteiger partial charge in [-0.15, -0.1) is 0 Å². The summed E-state index contributed by atoms with van der Waals surface area (Å²) in [4.78, 5) is 14.2. The molecule has 0 aliphatic carbocycles. The lowest BCUT2D eigenvalue weighted by atomic mass is 9.97. The Hall–Kier alpha value is -0.570. The van der Waals surface area contributed by atoms with Crippen molar-refractivity contribution in [3.63, 3.8) is 0 Å². The lowest BCUT2D eigenvalue weighted by Crippen LogP contribution is -2.43. The summed E-state index contributed by atoms with van der Waals surface area (Å²) in [5.74, 6) is 1.03. The quantitative estimate of drug-likeness (QED) is 0.686. The van der Waals surface area contributed by atoms with Crippen LogP contribution < -0.4 is 5.32 Å². The van der Waals surface area contributed by atoms with Gasteiger partial charge in [0.2, 0.25) is 5.91 Å². The Morgan fingerprint density at radius 2 is 2.11 bits per heavy atom. The zero-order valence-electron chi connectivity index (χ0n) is 13.1. The van der Waals surface area contributed by atoms with Crippen molar-refractivity contribution in [2.24, 2.45) is 5.92 Å². The number of hydrogen-bond donors (Lipinski definition) is 1. The molecule has 1 fully saturated rings. The fraction of sp³-hybridized carbons (Fsp3) is 0.938. The van der Waals surface area contributed by atoms with Crippen molar-refractivity contribution in [1.82, 2.24) is 10.2 Å². The van der Waals surface area contributed by atoms with Gasteiger partial charge in [0.15, 0.2) is 0 Å². The normalized spacial score (nSPS) is 20.0. The molecule has 1 aliphatic heterocycles. The molecule has 1 rings (SSSR count). The van der Waals surface area contributed by atoms with E-state index in [-0.39, 0.29) is 0 Å². The molecule has 0 bridgehead atoms. The number of rotatable bonds is 8. The van der Waals surface area contributed by atoms with Gasteiger partial charge in [-0.05, 0) is 31.7 Å². The second kappa shape index (κ2) is 9.35. The summed E-state index contributed by atoms with van der Waals surface area (Å²) < 4.78 is 0. The molecule has 0 saturated carbocycles. The molecule has 0 radical (unpaired) electrons. The van der Waals surface area contributed by atoms with E-state index in [4.69, 9.17) is 0 Å². The summed E-state index contributed by atoms with van der Waals surface area (Å²) >= 11 is 0. The van der Waals surface area contributed by atoms with Crippen molar-refractivity contribution in [2.75, 3.05) is 19.6 Å². The number of carbonyl (C=O) groups is 1. The first-order chi connectivity index (χ1) is 9.13. The minimum Gasteiger partial charge on any atom is -0.342 e. The van der Waals surface area contributed by atoms with E-state index < -0.39 is 0 Å². The molecule has 3 heteroatoms. The SMILES string of the molecule is CCCCCCC(=O)N1CCCC(CNC(C)C)C1. The van der Waals surface area contributed by atoms with Crippen LogP contribution in [-0.4, -0.2) is 36.5 Å². The molecule has 1 saturated heterocycles. The van der Waals surface area contributed by atoms with Crippen LogP contribution in [0.2, 0.25) is 0 Å². The Labute approximate surface area is 119 Å². The van der Waals surface area contributed by atoms with Gasteiger partial charge in [0.05, 0.1) is 0 Å². The number of carbonyl (C=O) groups excluding carboxylic acids is 1. The van der Waals surface area contributed by atoms with Gasteiger partial charge < -0.3 is 10.2 Å². The first kappa shape index (κ1) is 16.5. The molecule has 0 aromatic heterocycles. The van der Waals surface area contributed by atoms with Gasteiger partial charge in [-0.1, -0.05) is 40.0 Å². The predicted molar refractivity (Wildman–Crippen MR) is 81.2 cm³/mol. The van der Waals surface area contributed by atoms with Gasteiger partial charge in [-0.25, -0.2) is 0 Å². The summed E-state index contributed by atoms with van der Waals surface area (Å²) in [6.45, 7) is 9.56. The molecule has 19 heavy (non-hydrogen) atoms. The van der Waals surface area contributed by atoms with Crippen LogP contribution in [0.5, 0.6) is 0 Å². The number of nitrogens with one attached hydrogen (secondary N) is 1. The van der Waals surface area contributed by atoms with E-state index in [1.54, 1.807) is 0 Å². The van der Waals surface area contributed by atoms with E-state index in [1.165, 1.54) is 32.1 Å². The summed E-state index contributed by atoms with van der Waals surface area (Å²) in [6, 6.07) is 0.542. The second-order valence-electron chi connectivity index (χ2n) is 6.22. The van der Waals surface area contributed by atoms with Crippen molar-refractivity contribution >= 4 is 5.91 Å². The number of hydrogen-bond acceptors (Lipinski definition) is 2. The highest BCUT2D eigenvalue weighted by Gasteiger charge is 2.23. The molecule has 1 unspecified atom stereocenters. The van der Waals surface area contributed by atoms with Crippen molar-refractivity contribution in [1.29, 1.82) is 0 Å². The topological polar surface area (TPSA) is 32.3 Å². The molecule has 1 aliphatic rings. The summed E-state index contributed by atoms with van der Waals surface area (Å²) in [7, 11) is 0. The Morgan fingerprint density at radius 1 is 1.32 bits per heavy atom. The van der Waals surface area contributed by atoms with Crippen molar-refractivity contribution < 1.29 is 4.79 Å². The third kappa shape index (κ3) is 6.95. The van der Waals surface area contributed by atoms with Gasteiger partial charge in [0, 0.05) is 25.6 Å². The van der Waals surface area contributed by atoms with E-state index in [0.717, 1.165) is 32.5 Å². The fourth-order valence-electron chi connectivity index (χ4n) is 2.72. The van der Waals surface area contributed by atoms with Crippen LogP contribution in [0.25, 0.3) is 0 Å². The fourth-order valence-corrected chi connectivity index (χ4v) is 2.72. The van der Waals surface area contributed by atoms with E-state index >= 15 is 0 Å². The first-order valence-corrected chi connectivity index (χ1v) is 8.14. The van der Waals surface area contributed by atoms with Gasteiger partial charge >= 0.3 is 0 Å². The largest absolute Gasteiger partial charge is 0.342 e. The molecule has 1 atom stereocenters. The van der Waals surface area contributed by atoms with Gasteiger partial charge in [-0.3, -0.25) is 4.79 Å². The Kier molecular flexibility index (Phi) is 8.11. The number of nitrogens with zero attached hydrogens (tertiary/aromatic N) is 1. The molecule has 3 nitrogen and oxygen atoms in total.